The largest absolute Gasteiger partial charge is 0.427 e. The highest BCUT2D eigenvalue weighted by Crippen LogP contribution is 2.28. The Hall–Kier alpha value is -3.53. The first kappa shape index (κ1) is 30.7. The third kappa shape index (κ3) is 7.74. The molecule has 3 N–H and O–H groups in total. The maximum atomic E-state index is 13.9. The number of carbonyl (C=O) groups is 3. The van der Waals surface area contributed by atoms with E-state index in [1.54, 1.807) is 59.6 Å². The third-order valence-electron chi connectivity index (χ3n) is 5.87. The molecule has 0 saturated heterocycles. The highest BCUT2D eigenvalue weighted by atomic mass is 35.5. The van der Waals surface area contributed by atoms with Crippen molar-refractivity contribution in [3.05, 3.63) is 89.5 Å². The van der Waals surface area contributed by atoms with Gasteiger partial charge in [0.15, 0.2) is 0 Å². The molecule has 2 heterocycles. The van der Waals surface area contributed by atoms with Crippen molar-refractivity contribution in [3.8, 4) is 5.75 Å². The molecule has 2 atom stereocenters. The van der Waals surface area contributed by atoms with Gasteiger partial charge in [0.1, 0.15) is 17.6 Å². The predicted molar refractivity (Wildman–Crippen MR) is 146 cm³/mol. The molecule has 1 aliphatic rings. The van der Waals surface area contributed by atoms with Crippen molar-refractivity contribution in [1.29, 1.82) is 0 Å². The molecule has 0 spiro atoms. The summed E-state index contributed by atoms with van der Waals surface area (Å²) in [7, 11) is 0. The van der Waals surface area contributed by atoms with E-state index in [1.807, 2.05) is 6.07 Å². The number of benzene rings is 2. The van der Waals surface area contributed by atoms with Crippen LogP contribution in [-0.2, 0) is 33.8 Å². The van der Waals surface area contributed by atoms with Crippen LogP contribution in [0.5, 0.6) is 5.75 Å². The number of fused-ring (bicyclic) bond motifs is 1. The maximum Gasteiger partial charge on any atom is 0.308 e. The summed E-state index contributed by atoms with van der Waals surface area (Å²) in [6.07, 6.45) is 2.05. The molecule has 1 aliphatic heterocycles. The minimum Gasteiger partial charge on any atom is -0.427 e. The van der Waals surface area contributed by atoms with Crippen molar-refractivity contribution in [2.45, 2.75) is 44.8 Å². The number of hydrogen-bond donors (Lipinski definition) is 2. The van der Waals surface area contributed by atoms with E-state index in [-0.39, 0.29) is 68.3 Å². The van der Waals surface area contributed by atoms with E-state index in [2.05, 4.69) is 10.3 Å². The first-order chi connectivity index (χ1) is 17.3. The van der Waals surface area contributed by atoms with Gasteiger partial charge >= 0.3 is 5.97 Å². The minimum absolute atomic E-state index is 0. The van der Waals surface area contributed by atoms with Crippen LogP contribution in [-0.4, -0.2) is 34.9 Å². The van der Waals surface area contributed by atoms with Crippen molar-refractivity contribution >= 4 is 48.3 Å². The number of hydrogen-bond acceptors (Lipinski definition) is 6. The van der Waals surface area contributed by atoms with Gasteiger partial charge < -0.3 is 20.7 Å². The summed E-state index contributed by atoms with van der Waals surface area (Å²) in [5, 5.41) is 2.79. The number of halogens is 3. The van der Waals surface area contributed by atoms with E-state index in [0.717, 1.165) is 5.56 Å². The van der Waals surface area contributed by atoms with Crippen LogP contribution in [0, 0.1) is 5.82 Å². The van der Waals surface area contributed by atoms with Gasteiger partial charge in [-0.05, 0) is 47.9 Å². The number of ether oxygens (including phenoxy) is 1. The lowest BCUT2D eigenvalue weighted by Gasteiger charge is -2.34. The number of anilines is 1. The molecule has 0 fully saturated rings. The van der Waals surface area contributed by atoms with Gasteiger partial charge in [-0.1, -0.05) is 30.3 Å². The van der Waals surface area contributed by atoms with Crippen LogP contribution in [0.15, 0.2) is 66.9 Å². The molecule has 2 amide bonds. The van der Waals surface area contributed by atoms with Gasteiger partial charge in [-0.15, -0.1) is 24.8 Å². The van der Waals surface area contributed by atoms with Crippen LogP contribution >= 0.6 is 24.8 Å². The van der Waals surface area contributed by atoms with E-state index in [1.165, 1.54) is 13.0 Å². The van der Waals surface area contributed by atoms with Gasteiger partial charge in [-0.25, -0.2) is 4.39 Å². The lowest BCUT2D eigenvalue weighted by atomic mass is 9.99. The Labute approximate surface area is 232 Å². The predicted octanol–water partition coefficient (Wildman–Crippen LogP) is 3.52. The Balaban J connectivity index is 0.00000253. The standard InChI is InChI=1S/C27H27FN4O4.2ClH/c1-17(33)36-21-10-8-18(9-11-21)16-32-25-7-4-12-30-23(25)15-24(27(32)35)31-26(34)14-20(29)13-19-5-2-3-6-22(19)28;;/h2-12,20,24H,13-16,29H2,1H3,(H,31,34);2*1H/t20-,24?;;/m1../s1. The van der Waals surface area contributed by atoms with Gasteiger partial charge in [0.25, 0.3) is 0 Å². The Kier molecular flexibility index (Phi) is 11.2. The Bertz CT molecular complexity index is 1280. The van der Waals surface area contributed by atoms with E-state index < -0.39 is 18.1 Å². The monoisotopic (exact) mass is 562 g/mol. The molecule has 1 unspecified atom stereocenters. The summed E-state index contributed by atoms with van der Waals surface area (Å²) in [6, 6.07) is 15.3. The second kappa shape index (κ2) is 13.9. The second-order valence-electron chi connectivity index (χ2n) is 8.72. The van der Waals surface area contributed by atoms with Crippen LogP contribution in [0.2, 0.25) is 0 Å². The maximum absolute atomic E-state index is 13.9. The number of carbonyl (C=O) groups excluding carboxylic acids is 3. The van der Waals surface area contributed by atoms with E-state index in [4.69, 9.17) is 10.5 Å². The zero-order chi connectivity index (χ0) is 25.7. The van der Waals surface area contributed by atoms with E-state index in [9.17, 15) is 18.8 Å². The minimum atomic E-state index is -0.805. The van der Waals surface area contributed by atoms with Crippen LogP contribution in [0.3, 0.4) is 0 Å². The molecule has 38 heavy (non-hydrogen) atoms. The molecule has 0 saturated carbocycles. The number of nitrogens with zero attached hydrogens (tertiary/aromatic N) is 2. The van der Waals surface area contributed by atoms with Gasteiger partial charge in [0, 0.05) is 32.0 Å². The van der Waals surface area contributed by atoms with Crippen LogP contribution in [0.25, 0.3) is 0 Å². The van der Waals surface area contributed by atoms with Crippen LogP contribution in [0.4, 0.5) is 10.1 Å². The van der Waals surface area contributed by atoms with Gasteiger partial charge in [0.05, 0.1) is 17.9 Å². The summed E-state index contributed by atoms with van der Waals surface area (Å²) in [4.78, 5) is 43.3. The number of pyridine rings is 1. The van der Waals surface area contributed by atoms with Crippen molar-refractivity contribution in [3.63, 3.8) is 0 Å². The number of amides is 2. The molecule has 1 aromatic heterocycles. The van der Waals surface area contributed by atoms with Gasteiger partial charge in [0.2, 0.25) is 11.8 Å². The van der Waals surface area contributed by atoms with Crippen molar-refractivity contribution in [1.82, 2.24) is 10.3 Å². The van der Waals surface area contributed by atoms with Gasteiger partial charge in [-0.3, -0.25) is 19.4 Å². The highest BCUT2D eigenvalue weighted by molar-refractivity contribution is 6.01. The molecule has 0 aliphatic carbocycles. The molecule has 8 nitrogen and oxygen atoms in total. The van der Waals surface area contributed by atoms with Crippen molar-refractivity contribution < 1.29 is 23.5 Å². The Morgan fingerprint density at radius 1 is 1.13 bits per heavy atom. The summed E-state index contributed by atoms with van der Waals surface area (Å²) in [6.45, 7) is 1.57. The first-order valence-electron chi connectivity index (χ1n) is 11.6. The number of nitrogens with one attached hydrogen (secondary N) is 1. The molecule has 202 valence electrons. The number of rotatable bonds is 8. The zero-order valence-electron chi connectivity index (χ0n) is 20.6. The molecule has 0 bridgehead atoms. The lowest BCUT2D eigenvalue weighted by Crippen LogP contribution is -2.53. The Morgan fingerprint density at radius 3 is 2.53 bits per heavy atom. The normalized spacial score (nSPS) is 14.9. The van der Waals surface area contributed by atoms with Gasteiger partial charge in [-0.2, -0.15) is 0 Å². The first-order valence-corrected chi connectivity index (χ1v) is 11.6. The number of aromatic nitrogens is 1. The molecule has 2 aromatic carbocycles. The average molecular weight is 563 g/mol. The second-order valence-corrected chi connectivity index (χ2v) is 8.72. The molecular weight excluding hydrogens is 534 g/mol. The summed E-state index contributed by atoms with van der Waals surface area (Å²) in [5.41, 5.74) is 8.71. The highest BCUT2D eigenvalue weighted by Gasteiger charge is 2.34. The summed E-state index contributed by atoms with van der Waals surface area (Å²) < 4.78 is 19.0. The molecule has 11 heteroatoms. The molecular formula is C27H29Cl2FN4O4. The molecule has 0 radical (unpaired) electrons. The quantitative estimate of drug-likeness (QED) is 0.320. The summed E-state index contributed by atoms with van der Waals surface area (Å²) >= 11 is 0. The summed E-state index contributed by atoms with van der Waals surface area (Å²) in [5.74, 6) is -1.02. The topological polar surface area (TPSA) is 115 Å². The van der Waals surface area contributed by atoms with E-state index in [0.29, 0.717) is 22.7 Å². The molecule has 3 aromatic rings. The third-order valence-corrected chi connectivity index (χ3v) is 5.87. The van der Waals surface area contributed by atoms with Crippen LogP contribution < -0.4 is 20.7 Å². The fourth-order valence-corrected chi connectivity index (χ4v) is 4.22. The van der Waals surface area contributed by atoms with E-state index >= 15 is 0 Å². The zero-order valence-corrected chi connectivity index (χ0v) is 22.3. The smallest absolute Gasteiger partial charge is 0.308 e. The number of nitrogens with two attached hydrogens (primary N) is 1. The SMILES string of the molecule is CC(=O)Oc1ccc(CN2C(=O)C(NC(=O)C[C@H](N)Cc3ccccc3F)Cc3ncccc32)cc1.Cl.Cl. The Morgan fingerprint density at radius 2 is 1.84 bits per heavy atom. The fourth-order valence-electron chi connectivity index (χ4n) is 4.22. The number of esters is 1. The van der Waals surface area contributed by atoms with Crippen LogP contribution in [0.1, 0.15) is 30.2 Å². The fraction of sp³-hybridized carbons (Fsp3) is 0.259. The molecule has 4 rings (SSSR count). The lowest BCUT2D eigenvalue weighted by molar-refractivity contribution is -0.131. The average Bonchev–Trinajstić information content (AvgIpc) is 2.84. The van der Waals surface area contributed by atoms with Crippen molar-refractivity contribution in [2.24, 2.45) is 5.73 Å². The van der Waals surface area contributed by atoms with Crippen molar-refractivity contribution in [2.75, 3.05) is 4.90 Å².